The van der Waals surface area contributed by atoms with Crippen molar-refractivity contribution in [3.63, 3.8) is 0 Å². The normalized spacial score (nSPS) is 18.0. The van der Waals surface area contributed by atoms with Gasteiger partial charge in [0.1, 0.15) is 5.82 Å². The van der Waals surface area contributed by atoms with E-state index in [0.29, 0.717) is 38.7 Å². The van der Waals surface area contributed by atoms with Crippen LogP contribution in [0.25, 0.3) is 0 Å². The fraction of sp³-hybridized carbons (Fsp3) is 0.310. The van der Waals surface area contributed by atoms with Crippen molar-refractivity contribution in [3.05, 3.63) is 89.2 Å². The van der Waals surface area contributed by atoms with Crippen molar-refractivity contribution < 1.29 is 18.2 Å². The van der Waals surface area contributed by atoms with Gasteiger partial charge in [0.25, 0.3) is 11.8 Å². The number of carbonyl (C=O) groups is 2. The molecule has 5 rings (SSSR count). The van der Waals surface area contributed by atoms with Crippen LogP contribution in [0, 0.1) is 5.82 Å². The number of benzene rings is 3. The summed E-state index contributed by atoms with van der Waals surface area (Å²) < 4.78 is 27.1. The van der Waals surface area contributed by atoms with Crippen molar-refractivity contribution in [1.29, 1.82) is 0 Å². The number of rotatable bonds is 7. The van der Waals surface area contributed by atoms with E-state index < -0.39 is 10.8 Å². The lowest BCUT2D eigenvalue weighted by atomic mass is 10.1. The lowest BCUT2D eigenvalue weighted by Crippen LogP contribution is -2.48. The monoisotopic (exact) mass is 534 g/mol. The van der Waals surface area contributed by atoms with E-state index in [-0.39, 0.29) is 24.2 Å². The van der Waals surface area contributed by atoms with Crippen LogP contribution in [-0.4, -0.2) is 71.6 Å². The van der Waals surface area contributed by atoms with Gasteiger partial charge in [0.05, 0.1) is 38.4 Å². The minimum absolute atomic E-state index is 0.145. The van der Waals surface area contributed by atoms with Crippen LogP contribution < -0.4 is 10.2 Å². The number of anilines is 1. The van der Waals surface area contributed by atoms with Crippen LogP contribution in [0.1, 0.15) is 33.2 Å². The Labute approximate surface area is 224 Å². The number of amides is 2. The lowest BCUT2D eigenvalue weighted by molar-refractivity contribution is 0.0935. The summed E-state index contributed by atoms with van der Waals surface area (Å²) in [4.78, 5) is 33.9. The Balaban J connectivity index is 1.39. The molecule has 3 aromatic rings. The maximum absolute atomic E-state index is 13.7. The Morgan fingerprint density at radius 2 is 1.66 bits per heavy atom. The van der Waals surface area contributed by atoms with Gasteiger partial charge in [-0.3, -0.25) is 14.5 Å². The van der Waals surface area contributed by atoms with Crippen LogP contribution >= 0.6 is 0 Å². The first-order valence-corrected chi connectivity index (χ1v) is 14.0. The number of fused-ring (bicyclic) bond motifs is 2. The van der Waals surface area contributed by atoms with Gasteiger partial charge in [-0.25, -0.2) is 8.60 Å². The Kier molecular flexibility index (Phi) is 7.97. The second-order valence-corrected chi connectivity index (χ2v) is 10.9. The predicted octanol–water partition coefficient (Wildman–Crippen LogP) is 3.52. The van der Waals surface area contributed by atoms with E-state index in [4.69, 9.17) is 0 Å². The molecule has 9 heteroatoms. The molecule has 0 aliphatic carbocycles. The number of piperazine rings is 1. The van der Waals surface area contributed by atoms with Crippen molar-refractivity contribution in [2.75, 3.05) is 50.7 Å². The summed E-state index contributed by atoms with van der Waals surface area (Å²) in [5, 5.41) is 2.99. The van der Waals surface area contributed by atoms with Gasteiger partial charge in [0.2, 0.25) is 0 Å². The van der Waals surface area contributed by atoms with E-state index in [9.17, 15) is 18.2 Å². The third kappa shape index (κ3) is 5.55. The van der Waals surface area contributed by atoms with Gasteiger partial charge in [-0.15, -0.1) is 0 Å². The third-order valence-electron chi connectivity index (χ3n) is 7.15. The van der Waals surface area contributed by atoms with Gasteiger partial charge < -0.3 is 15.1 Å². The Hall–Kier alpha value is -3.40. The summed E-state index contributed by atoms with van der Waals surface area (Å²) in [5.41, 5.74) is 1.86. The van der Waals surface area contributed by atoms with E-state index in [2.05, 4.69) is 22.0 Å². The molecule has 0 spiro atoms. The quantitative estimate of drug-likeness (QED) is 0.502. The van der Waals surface area contributed by atoms with Crippen LogP contribution in [0.15, 0.2) is 76.5 Å². The molecule has 0 radical (unpaired) electrons. The second kappa shape index (κ2) is 11.6. The molecule has 3 aromatic carbocycles. The molecule has 1 atom stereocenters. The van der Waals surface area contributed by atoms with E-state index >= 15 is 0 Å². The van der Waals surface area contributed by atoms with Gasteiger partial charge in [-0.1, -0.05) is 31.2 Å². The molecule has 1 fully saturated rings. The second-order valence-electron chi connectivity index (χ2n) is 9.50. The molecule has 2 heterocycles. The summed E-state index contributed by atoms with van der Waals surface area (Å²) in [5.74, 6) is -0.934. The van der Waals surface area contributed by atoms with E-state index in [1.807, 2.05) is 0 Å². The third-order valence-corrected chi connectivity index (χ3v) is 8.65. The average Bonchev–Trinajstić information content (AvgIpc) is 3.03. The number of likely N-dealkylation sites (N-methyl/N-ethyl adjacent to an activating group) is 1. The van der Waals surface area contributed by atoms with Crippen molar-refractivity contribution in [2.24, 2.45) is 0 Å². The number of hydrogen-bond acceptors (Lipinski definition) is 5. The van der Waals surface area contributed by atoms with Gasteiger partial charge in [-0.2, -0.15) is 0 Å². The lowest BCUT2D eigenvalue weighted by Gasteiger charge is -2.33. The van der Waals surface area contributed by atoms with Crippen molar-refractivity contribution >= 4 is 28.3 Å². The van der Waals surface area contributed by atoms with Crippen molar-refractivity contribution in [2.45, 2.75) is 23.3 Å². The largest absolute Gasteiger partial charge is 0.351 e. The standard InChI is InChI=1S/C29H31FN4O3S/c1-2-32-15-17-33(18-16-32)14-13-31-28(35)22-9-12-27-25(19-22)34(20-21-7-10-23(30)11-8-21)29(36)24-5-3-4-6-26(24)38(27)37/h3-12,19H,2,13-18,20H2,1H3,(H,31,35)/t38-/m0/s1. The molecule has 1 N–H and O–H groups in total. The smallest absolute Gasteiger partial charge is 0.259 e. The molecular formula is C29H31FN4O3S. The molecule has 1 saturated heterocycles. The first kappa shape index (κ1) is 26.2. The summed E-state index contributed by atoms with van der Waals surface area (Å²) in [6.45, 7) is 8.68. The Morgan fingerprint density at radius 1 is 0.947 bits per heavy atom. The number of nitrogens with zero attached hydrogens (tertiary/aromatic N) is 3. The molecule has 2 aliphatic rings. The molecule has 0 aromatic heterocycles. The molecule has 0 bridgehead atoms. The summed E-state index contributed by atoms with van der Waals surface area (Å²) >= 11 is 0. The van der Waals surface area contributed by atoms with Crippen LogP contribution in [0.3, 0.4) is 0 Å². The molecule has 0 saturated carbocycles. The topological polar surface area (TPSA) is 73.0 Å². The molecule has 0 unspecified atom stereocenters. The van der Waals surface area contributed by atoms with Gasteiger partial charge in [0, 0.05) is 44.8 Å². The zero-order valence-corrected chi connectivity index (χ0v) is 22.2. The minimum Gasteiger partial charge on any atom is -0.351 e. The predicted molar refractivity (Wildman–Crippen MR) is 145 cm³/mol. The van der Waals surface area contributed by atoms with Crippen LogP contribution in [0.2, 0.25) is 0 Å². The fourth-order valence-corrected chi connectivity index (χ4v) is 6.24. The van der Waals surface area contributed by atoms with Crippen LogP contribution in [-0.2, 0) is 17.3 Å². The van der Waals surface area contributed by atoms with Crippen molar-refractivity contribution in [1.82, 2.24) is 15.1 Å². The first-order chi connectivity index (χ1) is 18.4. The highest BCUT2D eigenvalue weighted by Gasteiger charge is 2.31. The Bertz CT molecular complexity index is 1360. The first-order valence-electron chi connectivity index (χ1n) is 12.9. The fourth-order valence-electron chi connectivity index (χ4n) is 4.89. The number of hydrogen-bond donors (Lipinski definition) is 1. The molecule has 198 valence electrons. The maximum Gasteiger partial charge on any atom is 0.259 e. The van der Waals surface area contributed by atoms with E-state index in [1.165, 1.54) is 17.0 Å². The average molecular weight is 535 g/mol. The number of halogens is 1. The zero-order chi connectivity index (χ0) is 26.6. The summed E-state index contributed by atoms with van der Waals surface area (Å²) in [7, 11) is -1.61. The Morgan fingerprint density at radius 3 is 2.39 bits per heavy atom. The molecular weight excluding hydrogens is 503 g/mol. The molecule has 38 heavy (non-hydrogen) atoms. The van der Waals surface area contributed by atoms with Crippen molar-refractivity contribution in [3.8, 4) is 0 Å². The molecule has 2 aliphatic heterocycles. The highest BCUT2D eigenvalue weighted by molar-refractivity contribution is 7.85. The van der Waals surface area contributed by atoms with Crippen LogP contribution in [0.5, 0.6) is 0 Å². The minimum atomic E-state index is -1.61. The van der Waals surface area contributed by atoms with Gasteiger partial charge in [0.15, 0.2) is 0 Å². The van der Waals surface area contributed by atoms with Gasteiger partial charge in [-0.05, 0) is 54.6 Å². The van der Waals surface area contributed by atoms with Gasteiger partial charge >= 0.3 is 0 Å². The summed E-state index contributed by atoms with van der Waals surface area (Å²) in [6.07, 6.45) is 0. The highest BCUT2D eigenvalue weighted by Crippen LogP contribution is 2.36. The number of nitrogens with one attached hydrogen (secondary N) is 1. The maximum atomic E-state index is 13.7. The molecule has 7 nitrogen and oxygen atoms in total. The zero-order valence-electron chi connectivity index (χ0n) is 21.4. The molecule has 2 amide bonds. The highest BCUT2D eigenvalue weighted by atomic mass is 32.2. The van der Waals surface area contributed by atoms with E-state index in [0.717, 1.165) is 39.3 Å². The van der Waals surface area contributed by atoms with Crippen LogP contribution in [0.4, 0.5) is 10.1 Å². The number of carbonyl (C=O) groups excluding carboxylic acids is 2. The SMILES string of the molecule is CCN1CCN(CCNC(=O)c2ccc3c(c2)N(Cc2ccc(F)cc2)C(=O)c2ccccc2[S@@]3=O)CC1. The summed E-state index contributed by atoms with van der Waals surface area (Å²) in [6, 6.07) is 17.7. The van der Waals surface area contributed by atoms with E-state index in [1.54, 1.807) is 54.6 Å².